The topological polar surface area (TPSA) is 99.0 Å². The summed E-state index contributed by atoms with van der Waals surface area (Å²) in [7, 11) is 3.11. The monoisotopic (exact) mass is 642 g/mol. The Hall–Kier alpha value is -4.94. The van der Waals surface area contributed by atoms with Gasteiger partial charge in [0.2, 0.25) is 0 Å². The Morgan fingerprint density at radius 3 is 2.23 bits per heavy atom. The molecule has 0 saturated carbocycles. The maximum atomic E-state index is 12.8. The smallest absolute Gasteiger partial charge is 0.266 e. The maximum absolute atomic E-state index is 12.8. The van der Waals surface area contributed by atoms with Crippen molar-refractivity contribution in [3.8, 4) is 34.8 Å². The maximum Gasteiger partial charge on any atom is 0.266 e. The lowest BCUT2D eigenvalue weighted by Crippen LogP contribution is -2.13. The number of ether oxygens (including phenoxy) is 5. The fraction of sp³-hybridized carbons (Fsp3) is 0.176. The number of nitrogens with zero attached hydrogens (tertiary/aromatic N) is 1. The van der Waals surface area contributed by atoms with Gasteiger partial charge in [-0.1, -0.05) is 36.4 Å². The Kier molecular flexibility index (Phi) is 11.1. The molecule has 4 aromatic carbocycles. The van der Waals surface area contributed by atoms with Gasteiger partial charge in [0.25, 0.3) is 5.91 Å². The molecule has 43 heavy (non-hydrogen) atoms. The van der Waals surface area contributed by atoms with Crippen molar-refractivity contribution in [3.05, 3.63) is 112 Å². The summed E-state index contributed by atoms with van der Waals surface area (Å²) in [5.41, 5.74) is 2.97. The second-order valence-electron chi connectivity index (χ2n) is 9.16. The molecule has 220 valence electrons. The lowest BCUT2D eigenvalue weighted by atomic mass is 10.1. The third-order valence-electron chi connectivity index (χ3n) is 6.20. The van der Waals surface area contributed by atoms with E-state index in [1.807, 2.05) is 61.5 Å². The van der Waals surface area contributed by atoms with Gasteiger partial charge in [-0.3, -0.25) is 4.79 Å². The number of benzene rings is 4. The fourth-order valence-electron chi connectivity index (χ4n) is 4.09. The van der Waals surface area contributed by atoms with Crippen molar-refractivity contribution in [3.63, 3.8) is 0 Å². The molecule has 0 aliphatic rings. The Bertz CT molecular complexity index is 1610. The van der Waals surface area contributed by atoms with E-state index >= 15 is 0 Å². The minimum absolute atomic E-state index is 0.0711. The first-order valence-electron chi connectivity index (χ1n) is 13.4. The molecule has 0 aliphatic heterocycles. The van der Waals surface area contributed by atoms with Crippen molar-refractivity contribution >= 4 is 33.6 Å². The molecule has 0 atom stereocenters. The molecule has 0 fully saturated rings. The van der Waals surface area contributed by atoms with Crippen molar-refractivity contribution in [2.24, 2.45) is 0 Å². The van der Waals surface area contributed by atoms with E-state index in [-0.39, 0.29) is 12.2 Å². The van der Waals surface area contributed by atoms with Crippen LogP contribution in [0.5, 0.6) is 28.7 Å². The van der Waals surface area contributed by atoms with Gasteiger partial charge in [0.15, 0.2) is 23.0 Å². The number of methoxy groups -OCH3 is 2. The first-order chi connectivity index (χ1) is 20.9. The van der Waals surface area contributed by atoms with Gasteiger partial charge in [-0.05, 0) is 94.2 Å². The number of rotatable bonds is 13. The third kappa shape index (κ3) is 8.53. The summed E-state index contributed by atoms with van der Waals surface area (Å²) in [6, 6.07) is 27.9. The number of amides is 1. The molecule has 1 amide bonds. The molecular formula is C34H31BrN2O6. The largest absolute Gasteiger partial charge is 0.494 e. The average Bonchev–Trinajstić information content (AvgIpc) is 3.03. The van der Waals surface area contributed by atoms with Crippen molar-refractivity contribution in [1.29, 1.82) is 5.26 Å². The van der Waals surface area contributed by atoms with Gasteiger partial charge in [-0.25, -0.2) is 0 Å². The number of hydrogen-bond acceptors (Lipinski definition) is 7. The molecule has 0 aliphatic carbocycles. The van der Waals surface area contributed by atoms with E-state index in [1.54, 1.807) is 43.5 Å². The van der Waals surface area contributed by atoms with Crippen molar-refractivity contribution in [2.45, 2.75) is 20.1 Å². The molecule has 0 spiro atoms. The van der Waals surface area contributed by atoms with Gasteiger partial charge in [0, 0.05) is 5.69 Å². The molecular weight excluding hydrogens is 612 g/mol. The minimum Gasteiger partial charge on any atom is -0.494 e. The summed E-state index contributed by atoms with van der Waals surface area (Å²) in [6.07, 6.45) is 1.49. The van der Waals surface area contributed by atoms with Crippen LogP contribution in [0.3, 0.4) is 0 Å². The van der Waals surface area contributed by atoms with Gasteiger partial charge in [0.1, 0.15) is 30.6 Å². The summed E-state index contributed by atoms with van der Waals surface area (Å²) in [6.45, 7) is 3.09. The van der Waals surface area contributed by atoms with Crippen molar-refractivity contribution < 1.29 is 28.5 Å². The second-order valence-corrected chi connectivity index (χ2v) is 10.0. The highest BCUT2D eigenvalue weighted by Crippen LogP contribution is 2.38. The zero-order valence-corrected chi connectivity index (χ0v) is 25.6. The number of carbonyl (C=O) groups excluding carboxylic acids is 1. The lowest BCUT2D eigenvalue weighted by molar-refractivity contribution is -0.112. The fourth-order valence-corrected chi connectivity index (χ4v) is 4.66. The SMILES string of the molecule is CCOc1ccc(NC(=O)/C(C#N)=C/c2cc(Br)c(OCc3ccc(OCc4ccccc4)c(OC)c3)c(OC)c2)cc1. The summed E-state index contributed by atoms with van der Waals surface area (Å²) >= 11 is 3.54. The van der Waals surface area contributed by atoms with Crippen LogP contribution in [0.4, 0.5) is 5.69 Å². The second kappa shape index (κ2) is 15.3. The van der Waals surface area contributed by atoms with Crippen LogP contribution in [0.1, 0.15) is 23.6 Å². The zero-order chi connectivity index (χ0) is 30.6. The summed E-state index contributed by atoms with van der Waals surface area (Å²) in [4.78, 5) is 12.8. The lowest BCUT2D eigenvalue weighted by Gasteiger charge is -2.15. The van der Waals surface area contributed by atoms with Gasteiger partial charge in [-0.2, -0.15) is 5.26 Å². The highest BCUT2D eigenvalue weighted by molar-refractivity contribution is 9.10. The van der Waals surface area contributed by atoms with Crippen LogP contribution in [0, 0.1) is 11.3 Å². The first-order valence-corrected chi connectivity index (χ1v) is 14.2. The molecule has 0 unspecified atom stereocenters. The number of halogens is 1. The van der Waals surface area contributed by atoms with Crippen molar-refractivity contribution in [1.82, 2.24) is 0 Å². The summed E-state index contributed by atoms with van der Waals surface area (Å²) < 4.78 is 29.2. The van der Waals surface area contributed by atoms with Gasteiger partial charge < -0.3 is 29.0 Å². The number of nitrogens with one attached hydrogen (secondary N) is 1. The molecule has 9 heteroatoms. The summed E-state index contributed by atoms with van der Waals surface area (Å²) in [5, 5.41) is 12.4. The van der Waals surface area contributed by atoms with E-state index in [0.29, 0.717) is 57.7 Å². The van der Waals surface area contributed by atoms with E-state index < -0.39 is 5.91 Å². The minimum atomic E-state index is -0.535. The van der Waals surface area contributed by atoms with E-state index in [9.17, 15) is 10.1 Å². The normalized spacial score (nSPS) is 10.8. The molecule has 0 aromatic heterocycles. The van der Waals surface area contributed by atoms with Crippen LogP contribution in [0.25, 0.3) is 6.08 Å². The number of carbonyl (C=O) groups is 1. The predicted molar refractivity (Wildman–Crippen MR) is 169 cm³/mol. The van der Waals surface area contributed by atoms with Crippen LogP contribution in [-0.4, -0.2) is 26.7 Å². The van der Waals surface area contributed by atoms with Crippen LogP contribution < -0.4 is 29.0 Å². The van der Waals surface area contributed by atoms with Crippen LogP contribution in [0.15, 0.2) is 95.0 Å². The van der Waals surface area contributed by atoms with E-state index in [4.69, 9.17) is 23.7 Å². The Labute approximate surface area is 259 Å². The molecule has 0 saturated heterocycles. The zero-order valence-electron chi connectivity index (χ0n) is 24.1. The highest BCUT2D eigenvalue weighted by atomic mass is 79.9. The molecule has 0 bridgehead atoms. The first kappa shape index (κ1) is 31.0. The molecule has 4 aromatic rings. The molecule has 4 rings (SSSR count). The van der Waals surface area contributed by atoms with Crippen LogP contribution in [-0.2, 0) is 18.0 Å². The standard InChI is InChI=1S/C34H31BrN2O6/c1-4-41-28-13-11-27(12-14-28)37-34(38)26(20-36)16-25-17-29(35)33(32(19-25)40-3)43-22-24-10-15-30(31(18-24)39-2)42-21-23-8-6-5-7-9-23/h5-19H,4,21-22H2,1-3H3,(H,37,38)/b26-16+. The molecule has 0 heterocycles. The number of anilines is 1. The Morgan fingerprint density at radius 2 is 1.56 bits per heavy atom. The number of hydrogen-bond donors (Lipinski definition) is 1. The van der Waals surface area contributed by atoms with E-state index in [1.165, 1.54) is 13.2 Å². The van der Waals surface area contributed by atoms with Gasteiger partial charge >= 0.3 is 0 Å². The molecule has 8 nitrogen and oxygen atoms in total. The predicted octanol–water partition coefficient (Wildman–Crippen LogP) is 7.57. The average molecular weight is 644 g/mol. The Balaban J connectivity index is 1.45. The van der Waals surface area contributed by atoms with E-state index in [2.05, 4.69) is 21.2 Å². The van der Waals surface area contributed by atoms with E-state index in [0.717, 1.165) is 11.1 Å². The van der Waals surface area contributed by atoms with Crippen molar-refractivity contribution in [2.75, 3.05) is 26.1 Å². The number of nitriles is 1. The third-order valence-corrected chi connectivity index (χ3v) is 6.79. The van der Waals surface area contributed by atoms with Crippen LogP contribution in [0.2, 0.25) is 0 Å². The van der Waals surface area contributed by atoms with Crippen LogP contribution >= 0.6 is 15.9 Å². The molecule has 1 N–H and O–H groups in total. The quantitative estimate of drug-likeness (QED) is 0.119. The van der Waals surface area contributed by atoms with Gasteiger partial charge in [-0.15, -0.1) is 0 Å². The highest BCUT2D eigenvalue weighted by Gasteiger charge is 2.15. The Morgan fingerprint density at radius 1 is 0.837 bits per heavy atom. The van der Waals surface area contributed by atoms with Gasteiger partial charge in [0.05, 0.1) is 25.3 Å². The summed E-state index contributed by atoms with van der Waals surface area (Å²) in [5.74, 6) is 2.29. The molecule has 0 radical (unpaired) electrons.